The number of carboxylic acid groups (broad SMARTS) is 1. The maximum atomic E-state index is 15.7. The summed E-state index contributed by atoms with van der Waals surface area (Å²) in [6.45, 7) is 2.22. The van der Waals surface area contributed by atoms with Crippen molar-refractivity contribution in [1.29, 1.82) is 0 Å². The molecule has 0 spiro atoms. The number of carbonyl (C=O) groups is 1. The highest BCUT2D eigenvalue weighted by Crippen LogP contribution is 2.44. The summed E-state index contributed by atoms with van der Waals surface area (Å²) < 4.78 is 47.7. The number of nitrogens with zero attached hydrogens (tertiary/aromatic N) is 4. The minimum absolute atomic E-state index is 0.0586. The van der Waals surface area contributed by atoms with Gasteiger partial charge in [0.1, 0.15) is 22.5 Å². The molecule has 0 saturated carbocycles. The number of hydrogen-bond donors (Lipinski definition) is 4. The Labute approximate surface area is 237 Å². The molecule has 1 aromatic carbocycles. The van der Waals surface area contributed by atoms with Gasteiger partial charge < -0.3 is 30.6 Å². The molecule has 0 amide bonds. The molecule has 1 unspecified atom stereocenters. The Bertz CT molecular complexity index is 1970. The molecule has 0 bridgehead atoms. The number of pyridine rings is 3. The van der Waals surface area contributed by atoms with E-state index in [4.69, 9.17) is 5.73 Å². The first-order valence-electron chi connectivity index (χ1n) is 13.5. The van der Waals surface area contributed by atoms with Crippen LogP contribution in [0, 0.1) is 11.6 Å². The maximum absolute atomic E-state index is 15.7. The number of benzene rings is 1. The van der Waals surface area contributed by atoms with Crippen molar-refractivity contribution in [3.63, 3.8) is 0 Å². The molecule has 0 radical (unpaired) electrons. The van der Waals surface area contributed by atoms with E-state index in [0.717, 1.165) is 6.07 Å². The molecule has 42 heavy (non-hydrogen) atoms. The normalized spacial score (nSPS) is 17.4. The van der Waals surface area contributed by atoms with Gasteiger partial charge in [-0.25, -0.2) is 27.9 Å². The molecule has 5 heterocycles. The van der Waals surface area contributed by atoms with Crippen molar-refractivity contribution in [3.8, 4) is 11.1 Å². The summed E-state index contributed by atoms with van der Waals surface area (Å²) >= 11 is 0. The van der Waals surface area contributed by atoms with Crippen LogP contribution in [0.5, 0.6) is 0 Å². The number of hydrogen-bond acceptors (Lipinski definition) is 7. The van der Waals surface area contributed by atoms with Crippen LogP contribution in [-0.4, -0.2) is 62.9 Å². The van der Waals surface area contributed by atoms with Gasteiger partial charge in [0, 0.05) is 62.5 Å². The zero-order valence-electron chi connectivity index (χ0n) is 22.9. The Hall–Kier alpha value is -4.65. The minimum atomic E-state index is -1.72. The summed E-state index contributed by atoms with van der Waals surface area (Å²) in [6.07, 6.45) is 4.96. The van der Waals surface area contributed by atoms with Crippen molar-refractivity contribution >= 4 is 50.3 Å². The first-order chi connectivity index (χ1) is 20.1. The lowest BCUT2D eigenvalue weighted by Crippen LogP contribution is -2.49. The molecule has 1 saturated heterocycles. The van der Waals surface area contributed by atoms with Crippen LogP contribution in [0.4, 0.5) is 24.5 Å². The Morgan fingerprint density at radius 1 is 1.24 bits per heavy atom. The summed E-state index contributed by atoms with van der Waals surface area (Å²) in [5.41, 5.74) is 5.23. The molecule has 13 heteroatoms. The fourth-order valence-corrected chi connectivity index (χ4v) is 5.94. The van der Waals surface area contributed by atoms with Gasteiger partial charge in [0.05, 0.1) is 39.6 Å². The lowest BCUT2D eigenvalue weighted by Gasteiger charge is -2.39. The van der Waals surface area contributed by atoms with Crippen LogP contribution in [0.15, 0.2) is 35.5 Å². The summed E-state index contributed by atoms with van der Waals surface area (Å²) in [5.74, 6) is -3.53. The fourth-order valence-electron chi connectivity index (χ4n) is 5.94. The molecule has 10 nitrogen and oxygen atoms in total. The average molecular weight is 580 g/mol. The van der Waals surface area contributed by atoms with E-state index < -0.39 is 34.3 Å². The van der Waals surface area contributed by atoms with Crippen LogP contribution in [0.1, 0.15) is 30.1 Å². The minimum Gasteiger partial charge on any atom is -0.477 e. The van der Waals surface area contributed by atoms with Crippen LogP contribution in [0.3, 0.4) is 0 Å². The Morgan fingerprint density at radius 2 is 2.02 bits per heavy atom. The molecule has 0 aliphatic carbocycles. The van der Waals surface area contributed by atoms with Crippen LogP contribution in [0.2, 0.25) is 0 Å². The summed E-state index contributed by atoms with van der Waals surface area (Å²) in [7, 11) is 1.58. The van der Waals surface area contributed by atoms with Gasteiger partial charge in [0.25, 0.3) is 0 Å². The number of aryl methyl sites for hydroxylation is 1. The summed E-state index contributed by atoms with van der Waals surface area (Å²) in [6, 6.07) is 2.55. The number of halogens is 3. The molecule has 1 aliphatic rings. The number of alkyl halides is 1. The molecule has 1 aliphatic heterocycles. The average Bonchev–Trinajstić information content (AvgIpc) is 3.38. The molecule has 4 aromatic heterocycles. The maximum Gasteiger partial charge on any atom is 0.341 e. The van der Waals surface area contributed by atoms with Gasteiger partial charge in [-0.05, 0) is 25.8 Å². The van der Waals surface area contributed by atoms with E-state index in [2.05, 4.69) is 20.3 Å². The van der Waals surface area contributed by atoms with Gasteiger partial charge in [-0.15, -0.1) is 0 Å². The third-order valence-electron chi connectivity index (χ3n) is 8.04. The fraction of sp³-hybridized carbons (Fsp3) is 0.310. The van der Waals surface area contributed by atoms with E-state index in [1.165, 1.54) is 24.7 Å². The van der Waals surface area contributed by atoms with E-state index in [1.807, 2.05) is 0 Å². The first kappa shape index (κ1) is 27.5. The molecule has 218 valence electrons. The number of H-pyrrole nitrogens is 1. The number of rotatable bonds is 6. The number of fused-ring (bicyclic) bond motifs is 4. The van der Waals surface area contributed by atoms with Crippen molar-refractivity contribution in [1.82, 2.24) is 19.5 Å². The second-order valence-corrected chi connectivity index (χ2v) is 10.5. The lowest BCUT2D eigenvalue weighted by atomic mass is 9.92. The van der Waals surface area contributed by atoms with E-state index in [0.29, 0.717) is 42.0 Å². The third-order valence-corrected chi connectivity index (χ3v) is 8.04. The van der Waals surface area contributed by atoms with E-state index in [1.54, 1.807) is 23.4 Å². The zero-order valence-corrected chi connectivity index (χ0v) is 22.9. The Morgan fingerprint density at radius 3 is 2.71 bits per heavy atom. The number of aromatic carboxylic acids is 1. The standard InChI is InChI=1S/C29H28F3N7O3/c1-3-38-11-17(28(41)42)25(40)15-7-14(9-36-27(15)38)16-10-35-26-21(24(16)39-6-4-5-29(32,12-33)13-39)20-22(31)18(30)8-19(34-2)23(20)37-26/h7-11,34H,3-6,12-13,33H2,1-2H3,(H,35,37)(H,41,42). The molecular weight excluding hydrogens is 551 g/mol. The molecule has 5 N–H and O–H groups in total. The second-order valence-electron chi connectivity index (χ2n) is 10.5. The second kappa shape index (κ2) is 10.0. The summed E-state index contributed by atoms with van der Waals surface area (Å²) in [4.78, 5) is 38.8. The van der Waals surface area contributed by atoms with Crippen LogP contribution >= 0.6 is 0 Å². The quantitative estimate of drug-likeness (QED) is 0.232. The van der Waals surface area contributed by atoms with Gasteiger partial charge in [-0.3, -0.25) is 4.79 Å². The smallest absolute Gasteiger partial charge is 0.341 e. The number of nitrogens with two attached hydrogens (primary N) is 1. The van der Waals surface area contributed by atoms with Crippen molar-refractivity contribution in [3.05, 3.63) is 58.1 Å². The van der Waals surface area contributed by atoms with Gasteiger partial charge in [0.2, 0.25) is 5.43 Å². The predicted molar refractivity (Wildman–Crippen MR) is 155 cm³/mol. The van der Waals surface area contributed by atoms with Gasteiger partial charge in [0.15, 0.2) is 11.6 Å². The highest BCUT2D eigenvalue weighted by atomic mass is 19.2. The number of piperidine rings is 1. The summed E-state index contributed by atoms with van der Waals surface area (Å²) in [5, 5.41) is 12.7. The highest BCUT2D eigenvalue weighted by Gasteiger charge is 2.36. The Kier molecular flexibility index (Phi) is 6.56. The van der Waals surface area contributed by atoms with Crippen LogP contribution in [-0.2, 0) is 6.54 Å². The van der Waals surface area contributed by atoms with Crippen molar-refractivity contribution in [2.75, 3.05) is 36.9 Å². The number of aromatic nitrogens is 4. The van der Waals surface area contributed by atoms with E-state index in [9.17, 15) is 19.1 Å². The number of aromatic amines is 1. The van der Waals surface area contributed by atoms with Crippen LogP contribution < -0.4 is 21.4 Å². The van der Waals surface area contributed by atoms with E-state index >= 15 is 8.78 Å². The predicted octanol–water partition coefficient (Wildman–Crippen LogP) is 4.40. The Balaban J connectivity index is 1.72. The SMILES string of the molecule is CCn1cc(C(=O)O)c(=O)c2cc(-c3cnc4[nH]c5c(NC)cc(F)c(F)c5c4c3N3CCCC(F)(CN)C3)cnc21. The van der Waals surface area contributed by atoms with E-state index in [-0.39, 0.29) is 52.5 Å². The topological polar surface area (TPSA) is 142 Å². The van der Waals surface area contributed by atoms with Crippen molar-refractivity contribution in [2.45, 2.75) is 32.0 Å². The van der Waals surface area contributed by atoms with Gasteiger partial charge >= 0.3 is 5.97 Å². The third kappa shape index (κ3) is 4.14. The lowest BCUT2D eigenvalue weighted by molar-refractivity contribution is 0.0694. The monoisotopic (exact) mass is 579 g/mol. The van der Waals surface area contributed by atoms with Gasteiger partial charge in [-0.1, -0.05) is 0 Å². The van der Waals surface area contributed by atoms with Crippen LogP contribution in [0.25, 0.3) is 44.1 Å². The first-order valence-corrected chi connectivity index (χ1v) is 13.5. The number of anilines is 2. The van der Waals surface area contributed by atoms with Crippen molar-refractivity contribution < 1.29 is 23.1 Å². The van der Waals surface area contributed by atoms with Gasteiger partial charge in [-0.2, -0.15) is 0 Å². The molecule has 6 rings (SSSR count). The molecule has 5 aromatic rings. The molecular formula is C29H28F3N7O3. The molecule has 1 fully saturated rings. The zero-order chi connectivity index (χ0) is 29.9. The number of carboxylic acids is 1. The largest absolute Gasteiger partial charge is 0.477 e. The van der Waals surface area contributed by atoms with Crippen molar-refractivity contribution in [2.24, 2.45) is 5.73 Å². The number of nitrogens with one attached hydrogen (secondary N) is 2. The highest BCUT2D eigenvalue weighted by molar-refractivity contribution is 6.18. The molecule has 1 atom stereocenters.